The van der Waals surface area contributed by atoms with Crippen LogP contribution in [0.3, 0.4) is 0 Å². The lowest BCUT2D eigenvalue weighted by atomic mass is 10.1. The van der Waals surface area contributed by atoms with Crippen LogP contribution in [0.15, 0.2) is 0 Å². The second-order valence-corrected chi connectivity index (χ2v) is 5.76. The van der Waals surface area contributed by atoms with Crippen molar-refractivity contribution in [3.63, 3.8) is 0 Å². The number of nitrogens with one attached hydrogen (secondary N) is 1. The van der Waals surface area contributed by atoms with Crippen LogP contribution >= 0.6 is 11.8 Å². The number of nitrogens with zero attached hydrogens (tertiary/aromatic N) is 1. The highest BCUT2D eigenvalue weighted by molar-refractivity contribution is 7.99. The lowest BCUT2D eigenvalue weighted by Crippen LogP contribution is -2.53. The molecule has 1 aliphatic rings. The van der Waals surface area contributed by atoms with Crippen molar-refractivity contribution in [3.05, 3.63) is 0 Å². The van der Waals surface area contributed by atoms with Crippen molar-refractivity contribution in [3.8, 4) is 0 Å². The van der Waals surface area contributed by atoms with Crippen LogP contribution in [0.1, 0.15) is 33.6 Å². The van der Waals surface area contributed by atoms with E-state index in [4.69, 9.17) is 0 Å². The number of piperazine rings is 1. The van der Waals surface area contributed by atoms with Crippen molar-refractivity contribution in [2.75, 3.05) is 31.1 Å². The number of rotatable bonds is 6. The second kappa shape index (κ2) is 7.53. The lowest BCUT2D eigenvalue weighted by Gasteiger charge is -2.37. The van der Waals surface area contributed by atoms with Gasteiger partial charge in [0.15, 0.2) is 0 Å². The molecule has 0 spiro atoms. The maximum Gasteiger partial charge on any atom is 0.0195 e. The van der Waals surface area contributed by atoms with Gasteiger partial charge in [-0.3, -0.25) is 4.90 Å². The van der Waals surface area contributed by atoms with Crippen molar-refractivity contribution in [1.29, 1.82) is 0 Å². The molecule has 1 aliphatic heterocycles. The zero-order valence-corrected chi connectivity index (χ0v) is 11.3. The average Bonchev–Trinajstić information content (AvgIpc) is 2.27. The molecule has 2 nitrogen and oxygen atoms in total. The molecular formula is C12H26N2S. The summed E-state index contributed by atoms with van der Waals surface area (Å²) in [6.07, 6.45) is 2.62. The first-order valence-corrected chi connectivity index (χ1v) is 7.48. The maximum absolute atomic E-state index is 3.61. The quantitative estimate of drug-likeness (QED) is 0.753. The summed E-state index contributed by atoms with van der Waals surface area (Å²) in [6, 6.07) is 1.48. The molecule has 1 rings (SSSR count). The van der Waals surface area contributed by atoms with E-state index < -0.39 is 0 Å². The highest BCUT2D eigenvalue weighted by Crippen LogP contribution is 2.12. The van der Waals surface area contributed by atoms with Crippen LogP contribution in [0, 0.1) is 0 Å². The Morgan fingerprint density at radius 1 is 1.47 bits per heavy atom. The molecule has 0 amide bonds. The third-order valence-corrected chi connectivity index (χ3v) is 4.24. The van der Waals surface area contributed by atoms with Gasteiger partial charge < -0.3 is 5.32 Å². The van der Waals surface area contributed by atoms with E-state index >= 15 is 0 Å². The molecule has 15 heavy (non-hydrogen) atoms. The molecule has 1 heterocycles. The average molecular weight is 230 g/mol. The molecule has 3 heteroatoms. The minimum atomic E-state index is 0.734. The van der Waals surface area contributed by atoms with Gasteiger partial charge in [0.2, 0.25) is 0 Å². The van der Waals surface area contributed by atoms with Crippen LogP contribution in [0.2, 0.25) is 0 Å². The van der Waals surface area contributed by atoms with Crippen LogP contribution in [0.25, 0.3) is 0 Å². The number of hydrogen-bond donors (Lipinski definition) is 1. The van der Waals surface area contributed by atoms with Crippen LogP contribution < -0.4 is 5.32 Å². The van der Waals surface area contributed by atoms with E-state index in [9.17, 15) is 0 Å². The smallest absolute Gasteiger partial charge is 0.0195 e. The molecular weight excluding hydrogens is 204 g/mol. The third kappa shape index (κ3) is 4.75. The molecule has 0 aromatic rings. The van der Waals surface area contributed by atoms with Gasteiger partial charge in [-0.05, 0) is 19.1 Å². The second-order valence-electron chi connectivity index (χ2n) is 4.44. The summed E-state index contributed by atoms with van der Waals surface area (Å²) in [5.41, 5.74) is 0. The van der Waals surface area contributed by atoms with E-state index in [2.05, 4.69) is 42.7 Å². The maximum atomic E-state index is 3.61. The van der Waals surface area contributed by atoms with Crippen molar-refractivity contribution < 1.29 is 0 Å². The fraction of sp³-hybridized carbons (Fsp3) is 1.00. The Morgan fingerprint density at radius 2 is 2.27 bits per heavy atom. The zero-order chi connectivity index (χ0) is 11.1. The van der Waals surface area contributed by atoms with Crippen LogP contribution in [-0.4, -0.2) is 48.1 Å². The molecule has 0 radical (unpaired) electrons. The predicted octanol–water partition coefficient (Wildman–Crippen LogP) is 2.20. The molecule has 90 valence electrons. The van der Waals surface area contributed by atoms with Crippen molar-refractivity contribution in [1.82, 2.24) is 10.2 Å². The minimum Gasteiger partial charge on any atom is -0.311 e. The monoisotopic (exact) mass is 230 g/mol. The van der Waals surface area contributed by atoms with E-state index in [1.54, 1.807) is 0 Å². The summed E-state index contributed by atoms with van der Waals surface area (Å²) >= 11 is 2.06. The Morgan fingerprint density at radius 3 is 2.93 bits per heavy atom. The van der Waals surface area contributed by atoms with E-state index in [1.807, 2.05) is 0 Å². The van der Waals surface area contributed by atoms with Gasteiger partial charge in [0.1, 0.15) is 0 Å². The van der Waals surface area contributed by atoms with Gasteiger partial charge in [0.25, 0.3) is 0 Å². The van der Waals surface area contributed by atoms with Gasteiger partial charge in [-0.1, -0.05) is 20.3 Å². The Bertz CT molecular complexity index is 162. The Hall–Kier alpha value is 0.270. The van der Waals surface area contributed by atoms with Crippen molar-refractivity contribution in [2.24, 2.45) is 0 Å². The summed E-state index contributed by atoms with van der Waals surface area (Å²) in [6.45, 7) is 10.5. The summed E-state index contributed by atoms with van der Waals surface area (Å²) in [5.74, 6) is 2.53. The largest absolute Gasteiger partial charge is 0.311 e. The highest BCUT2D eigenvalue weighted by atomic mass is 32.2. The highest BCUT2D eigenvalue weighted by Gasteiger charge is 2.21. The van der Waals surface area contributed by atoms with Crippen molar-refractivity contribution >= 4 is 11.8 Å². The fourth-order valence-electron chi connectivity index (χ4n) is 2.19. The molecule has 1 N–H and O–H groups in total. The first-order valence-electron chi connectivity index (χ1n) is 6.33. The van der Waals surface area contributed by atoms with Gasteiger partial charge in [-0.2, -0.15) is 11.8 Å². The normalized spacial score (nSPS) is 25.4. The molecule has 2 atom stereocenters. The van der Waals surface area contributed by atoms with Gasteiger partial charge in [-0.15, -0.1) is 0 Å². The standard InChI is InChI=1S/C12H26N2S/c1-4-6-12-9-14(8-7-13-12)11(3)10-15-5-2/h11-13H,4-10H2,1-3H3. The van der Waals surface area contributed by atoms with E-state index in [1.165, 1.54) is 44.0 Å². The van der Waals surface area contributed by atoms with E-state index in [-0.39, 0.29) is 0 Å². The SMILES string of the molecule is CCCC1CN(C(C)CSCC)CCN1. The lowest BCUT2D eigenvalue weighted by molar-refractivity contribution is 0.160. The van der Waals surface area contributed by atoms with Crippen LogP contribution in [0.4, 0.5) is 0 Å². The molecule has 0 bridgehead atoms. The molecule has 0 aliphatic carbocycles. The Kier molecular flexibility index (Phi) is 6.69. The third-order valence-electron chi connectivity index (χ3n) is 3.11. The summed E-state index contributed by atoms with van der Waals surface area (Å²) in [5, 5.41) is 3.61. The predicted molar refractivity (Wildman–Crippen MR) is 70.7 cm³/mol. The molecule has 1 fully saturated rings. The van der Waals surface area contributed by atoms with E-state index in [0.29, 0.717) is 0 Å². The molecule has 0 saturated carbocycles. The summed E-state index contributed by atoms with van der Waals surface area (Å²) < 4.78 is 0. The van der Waals surface area contributed by atoms with Gasteiger partial charge in [-0.25, -0.2) is 0 Å². The summed E-state index contributed by atoms with van der Waals surface area (Å²) in [4.78, 5) is 2.65. The molecule has 0 aromatic carbocycles. The first kappa shape index (κ1) is 13.3. The van der Waals surface area contributed by atoms with Gasteiger partial charge >= 0.3 is 0 Å². The summed E-state index contributed by atoms with van der Waals surface area (Å²) in [7, 11) is 0. The van der Waals surface area contributed by atoms with Crippen LogP contribution in [-0.2, 0) is 0 Å². The number of thioether (sulfide) groups is 1. The zero-order valence-electron chi connectivity index (χ0n) is 10.5. The van der Waals surface area contributed by atoms with Crippen LogP contribution in [0.5, 0.6) is 0 Å². The van der Waals surface area contributed by atoms with E-state index in [0.717, 1.165) is 12.1 Å². The van der Waals surface area contributed by atoms with Gasteiger partial charge in [0, 0.05) is 37.5 Å². The first-order chi connectivity index (χ1) is 7.27. The Labute approximate surface area is 99.2 Å². The topological polar surface area (TPSA) is 15.3 Å². The Balaban J connectivity index is 2.27. The molecule has 1 saturated heterocycles. The van der Waals surface area contributed by atoms with Gasteiger partial charge in [0.05, 0.1) is 0 Å². The molecule has 2 unspecified atom stereocenters. The molecule has 0 aromatic heterocycles. The fourth-order valence-corrected chi connectivity index (χ4v) is 2.97. The van der Waals surface area contributed by atoms with Crippen molar-refractivity contribution in [2.45, 2.75) is 45.7 Å². The number of hydrogen-bond acceptors (Lipinski definition) is 3. The minimum absolute atomic E-state index is 0.734.